The van der Waals surface area contributed by atoms with Crippen LogP contribution in [-0.2, 0) is 17.4 Å². The van der Waals surface area contributed by atoms with Gasteiger partial charge in [0, 0.05) is 20.5 Å². The number of nitrogens with zero attached hydrogens (tertiary/aromatic N) is 1. The van der Waals surface area contributed by atoms with Gasteiger partial charge in [0.2, 0.25) is 5.91 Å². The summed E-state index contributed by atoms with van der Waals surface area (Å²) in [6.07, 6.45) is -3.79. The molecule has 17 heavy (non-hydrogen) atoms. The fraction of sp³-hybridized carbons (Fsp3) is 0.417. The smallest absolute Gasteiger partial charge is 0.349 e. The zero-order valence-electron chi connectivity index (χ0n) is 9.71. The lowest BCUT2D eigenvalue weighted by atomic mass is 10.1. The molecule has 1 amide bonds. The first-order chi connectivity index (χ1) is 7.80. The lowest BCUT2D eigenvalue weighted by Crippen LogP contribution is -2.21. The number of carbonyl (C=O) groups is 1. The van der Waals surface area contributed by atoms with E-state index in [2.05, 4.69) is 0 Å². The Morgan fingerprint density at radius 2 is 1.94 bits per heavy atom. The largest absolute Gasteiger partial charge is 0.416 e. The van der Waals surface area contributed by atoms with Gasteiger partial charge in [0.05, 0.1) is 5.56 Å². The summed E-state index contributed by atoms with van der Waals surface area (Å²) >= 11 is 0. The highest BCUT2D eigenvalue weighted by Crippen LogP contribution is 2.29. The predicted molar refractivity (Wildman–Crippen MR) is 58.5 cm³/mol. The van der Waals surface area contributed by atoms with Gasteiger partial charge in [0.1, 0.15) is 0 Å². The number of carbonyl (C=O) groups excluding carboxylic acids is 1. The molecule has 94 valence electrons. The Kier molecular flexibility index (Phi) is 4.15. The molecule has 0 saturated heterocycles. The van der Waals surface area contributed by atoms with E-state index in [0.29, 0.717) is 12.0 Å². The average Bonchev–Trinajstić information content (AvgIpc) is 2.25. The molecule has 0 aromatic heterocycles. The van der Waals surface area contributed by atoms with E-state index in [-0.39, 0.29) is 12.3 Å². The van der Waals surface area contributed by atoms with E-state index in [9.17, 15) is 18.0 Å². The average molecular weight is 245 g/mol. The summed E-state index contributed by atoms with van der Waals surface area (Å²) in [6, 6.07) is 5.07. The number of rotatable bonds is 3. The van der Waals surface area contributed by atoms with Crippen LogP contribution in [0.5, 0.6) is 0 Å². The minimum atomic E-state index is -4.33. The zero-order chi connectivity index (χ0) is 13.1. The highest BCUT2D eigenvalue weighted by atomic mass is 19.4. The topological polar surface area (TPSA) is 20.3 Å². The second kappa shape index (κ2) is 5.21. The lowest BCUT2D eigenvalue weighted by molar-refractivity contribution is -0.137. The molecule has 2 nitrogen and oxygen atoms in total. The van der Waals surface area contributed by atoms with E-state index in [1.807, 2.05) is 0 Å². The fourth-order valence-electron chi connectivity index (χ4n) is 1.38. The fourth-order valence-corrected chi connectivity index (χ4v) is 1.38. The second-order valence-corrected chi connectivity index (χ2v) is 3.99. The zero-order valence-corrected chi connectivity index (χ0v) is 9.71. The van der Waals surface area contributed by atoms with Gasteiger partial charge in [-0.3, -0.25) is 4.79 Å². The maximum absolute atomic E-state index is 12.4. The third kappa shape index (κ3) is 4.09. The van der Waals surface area contributed by atoms with Crippen molar-refractivity contribution in [3.63, 3.8) is 0 Å². The summed E-state index contributed by atoms with van der Waals surface area (Å²) in [5.41, 5.74) is -0.151. The third-order valence-electron chi connectivity index (χ3n) is 2.38. The summed E-state index contributed by atoms with van der Waals surface area (Å²) in [6.45, 7) is 0. The van der Waals surface area contributed by atoms with Crippen molar-refractivity contribution in [2.75, 3.05) is 14.1 Å². The Morgan fingerprint density at radius 1 is 1.29 bits per heavy atom. The van der Waals surface area contributed by atoms with E-state index < -0.39 is 11.7 Å². The van der Waals surface area contributed by atoms with Gasteiger partial charge in [-0.1, -0.05) is 18.2 Å². The van der Waals surface area contributed by atoms with Crippen LogP contribution in [0.15, 0.2) is 24.3 Å². The van der Waals surface area contributed by atoms with Gasteiger partial charge in [0.25, 0.3) is 0 Å². The first kappa shape index (κ1) is 13.5. The number of alkyl halides is 3. The standard InChI is InChI=1S/C12H14F3NO/c1-16(2)11(17)7-6-9-4-3-5-10(8-9)12(13,14)15/h3-5,8H,6-7H2,1-2H3. The monoisotopic (exact) mass is 245 g/mol. The molecule has 0 aliphatic rings. The SMILES string of the molecule is CN(C)C(=O)CCc1cccc(C(F)(F)F)c1. The Balaban J connectivity index is 2.70. The summed E-state index contributed by atoms with van der Waals surface area (Å²) < 4.78 is 37.3. The number of hydrogen-bond donors (Lipinski definition) is 0. The summed E-state index contributed by atoms with van der Waals surface area (Å²) in [7, 11) is 3.24. The molecule has 1 aromatic carbocycles. The van der Waals surface area contributed by atoms with Gasteiger partial charge in [-0.2, -0.15) is 13.2 Å². The van der Waals surface area contributed by atoms with E-state index in [4.69, 9.17) is 0 Å². The number of amides is 1. The molecule has 0 radical (unpaired) electrons. The van der Waals surface area contributed by atoms with E-state index in [0.717, 1.165) is 12.1 Å². The van der Waals surface area contributed by atoms with Crippen LogP contribution < -0.4 is 0 Å². The molecule has 0 unspecified atom stereocenters. The Hall–Kier alpha value is -1.52. The van der Waals surface area contributed by atoms with E-state index >= 15 is 0 Å². The normalized spacial score (nSPS) is 11.4. The van der Waals surface area contributed by atoms with E-state index in [1.165, 1.54) is 11.0 Å². The van der Waals surface area contributed by atoms with Crippen LogP contribution >= 0.6 is 0 Å². The highest BCUT2D eigenvalue weighted by Gasteiger charge is 2.30. The molecule has 1 aromatic rings. The van der Waals surface area contributed by atoms with Gasteiger partial charge in [0.15, 0.2) is 0 Å². The second-order valence-electron chi connectivity index (χ2n) is 3.99. The molecule has 0 heterocycles. The Morgan fingerprint density at radius 3 is 2.47 bits per heavy atom. The van der Waals surface area contributed by atoms with Crippen LogP contribution in [0.2, 0.25) is 0 Å². The van der Waals surface area contributed by atoms with Crippen LogP contribution in [0.1, 0.15) is 17.5 Å². The molecule has 0 fully saturated rings. The van der Waals surface area contributed by atoms with Gasteiger partial charge in [-0.25, -0.2) is 0 Å². The molecule has 0 saturated carbocycles. The molecular weight excluding hydrogens is 231 g/mol. The van der Waals surface area contributed by atoms with Crippen molar-refractivity contribution in [1.82, 2.24) is 4.90 Å². The van der Waals surface area contributed by atoms with Crippen molar-refractivity contribution < 1.29 is 18.0 Å². The molecule has 1 rings (SSSR count). The molecule has 0 spiro atoms. The number of halogens is 3. The first-order valence-corrected chi connectivity index (χ1v) is 5.17. The summed E-state index contributed by atoms with van der Waals surface area (Å²) in [4.78, 5) is 12.7. The van der Waals surface area contributed by atoms with Crippen LogP contribution in [0.25, 0.3) is 0 Å². The molecule has 0 aliphatic carbocycles. The van der Waals surface area contributed by atoms with Crippen molar-refractivity contribution >= 4 is 5.91 Å². The van der Waals surface area contributed by atoms with Crippen LogP contribution in [0.3, 0.4) is 0 Å². The molecular formula is C12H14F3NO. The lowest BCUT2D eigenvalue weighted by Gasteiger charge is -2.11. The molecule has 0 atom stereocenters. The molecule has 0 N–H and O–H groups in total. The van der Waals surface area contributed by atoms with Crippen LogP contribution in [-0.4, -0.2) is 24.9 Å². The Bertz CT molecular complexity index is 399. The number of aryl methyl sites for hydroxylation is 1. The molecule has 0 bridgehead atoms. The third-order valence-corrected chi connectivity index (χ3v) is 2.38. The van der Waals surface area contributed by atoms with Crippen molar-refractivity contribution in [1.29, 1.82) is 0 Å². The maximum atomic E-state index is 12.4. The minimum Gasteiger partial charge on any atom is -0.349 e. The van der Waals surface area contributed by atoms with Crippen molar-refractivity contribution in [3.05, 3.63) is 35.4 Å². The maximum Gasteiger partial charge on any atom is 0.416 e. The Labute approximate surface area is 98.0 Å². The van der Waals surface area contributed by atoms with Crippen LogP contribution in [0.4, 0.5) is 13.2 Å². The predicted octanol–water partition coefficient (Wildman–Crippen LogP) is 2.73. The van der Waals surface area contributed by atoms with Gasteiger partial charge in [-0.05, 0) is 18.1 Å². The minimum absolute atomic E-state index is 0.0950. The quantitative estimate of drug-likeness (QED) is 0.801. The van der Waals surface area contributed by atoms with Crippen molar-refractivity contribution in [2.24, 2.45) is 0 Å². The summed E-state index contributed by atoms with van der Waals surface area (Å²) in [5.74, 6) is -0.0950. The van der Waals surface area contributed by atoms with Crippen molar-refractivity contribution in [2.45, 2.75) is 19.0 Å². The number of hydrogen-bond acceptors (Lipinski definition) is 1. The molecule has 5 heteroatoms. The summed E-state index contributed by atoms with van der Waals surface area (Å²) in [5, 5.41) is 0. The van der Waals surface area contributed by atoms with E-state index in [1.54, 1.807) is 20.2 Å². The highest BCUT2D eigenvalue weighted by molar-refractivity contribution is 5.75. The molecule has 0 aliphatic heterocycles. The van der Waals surface area contributed by atoms with Gasteiger partial charge >= 0.3 is 6.18 Å². The van der Waals surface area contributed by atoms with Gasteiger partial charge in [-0.15, -0.1) is 0 Å². The van der Waals surface area contributed by atoms with Crippen LogP contribution in [0, 0.1) is 0 Å². The first-order valence-electron chi connectivity index (χ1n) is 5.17. The van der Waals surface area contributed by atoms with Crippen molar-refractivity contribution in [3.8, 4) is 0 Å². The number of benzene rings is 1. The van der Waals surface area contributed by atoms with Gasteiger partial charge < -0.3 is 4.90 Å².